The second-order valence-corrected chi connectivity index (χ2v) is 9.28. The van der Waals surface area contributed by atoms with E-state index in [4.69, 9.17) is 4.74 Å². The Bertz CT molecular complexity index is 870. The summed E-state index contributed by atoms with van der Waals surface area (Å²) in [4.78, 5) is 40.5. The Morgan fingerprint density at radius 3 is 2.38 bits per heavy atom. The highest BCUT2D eigenvalue weighted by atomic mass is 32.1. The summed E-state index contributed by atoms with van der Waals surface area (Å²) in [6.45, 7) is 8.22. The molecule has 174 valence electrons. The van der Waals surface area contributed by atoms with Crippen molar-refractivity contribution in [2.24, 2.45) is 11.8 Å². The zero-order chi connectivity index (χ0) is 23.5. The Balaban J connectivity index is 2.05. The highest BCUT2D eigenvalue weighted by molar-refractivity contribution is 7.13. The summed E-state index contributed by atoms with van der Waals surface area (Å²) < 4.78 is 5.29. The Hall–Kier alpha value is -2.94. The molecule has 2 rings (SSSR count). The molecule has 2 aromatic rings. The summed E-state index contributed by atoms with van der Waals surface area (Å²) in [5, 5.41) is 10.5. The molecule has 0 fully saturated rings. The van der Waals surface area contributed by atoms with Crippen LogP contribution < -0.4 is 16.0 Å². The topological polar surface area (TPSA) is 109 Å². The molecule has 1 heterocycles. The van der Waals surface area contributed by atoms with E-state index in [9.17, 15) is 14.4 Å². The number of amides is 3. The molecule has 0 aliphatic rings. The standard InChI is InChI=1S/C23H32N4O4S/c1-15(2)10-18(20-13-32-22(26-20)24-14-28)25-21(29)19(11-16(3)4)27-23(30)31-12-17-8-6-5-7-9-17/h5-9,13-16,18-19H,10-12H2,1-4H3,(H,25,29)(H,27,30)(H,24,26,28)/t18-,19?/m1/s1. The van der Waals surface area contributed by atoms with Gasteiger partial charge in [0.15, 0.2) is 5.13 Å². The number of ether oxygens (including phenoxy) is 1. The number of thiazole rings is 1. The molecule has 0 saturated heterocycles. The number of nitrogens with zero attached hydrogens (tertiary/aromatic N) is 1. The van der Waals surface area contributed by atoms with Gasteiger partial charge in [-0.2, -0.15) is 0 Å². The fourth-order valence-electron chi connectivity index (χ4n) is 3.17. The van der Waals surface area contributed by atoms with Crippen LogP contribution in [0.2, 0.25) is 0 Å². The monoisotopic (exact) mass is 460 g/mol. The first-order chi connectivity index (χ1) is 15.3. The minimum Gasteiger partial charge on any atom is -0.445 e. The zero-order valence-corrected chi connectivity index (χ0v) is 19.8. The molecule has 0 spiro atoms. The second-order valence-electron chi connectivity index (χ2n) is 8.42. The Kier molecular flexibility index (Phi) is 10.1. The lowest BCUT2D eigenvalue weighted by Crippen LogP contribution is -2.48. The molecule has 8 nitrogen and oxygen atoms in total. The van der Waals surface area contributed by atoms with E-state index < -0.39 is 12.1 Å². The smallest absolute Gasteiger partial charge is 0.408 e. The van der Waals surface area contributed by atoms with Crippen LogP contribution in [0.1, 0.15) is 57.8 Å². The zero-order valence-electron chi connectivity index (χ0n) is 19.0. The van der Waals surface area contributed by atoms with Gasteiger partial charge in [-0.05, 0) is 30.2 Å². The van der Waals surface area contributed by atoms with Crippen molar-refractivity contribution in [1.29, 1.82) is 0 Å². The van der Waals surface area contributed by atoms with Crippen LogP contribution in [0, 0.1) is 11.8 Å². The maximum atomic E-state index is 13.1. The maximum absolute atomic E-state index is 13.1. The van der Waals surface area contributed by atoms with E-state index in [2.05, 4.69) is 34.8 Å². The summed E-state index contributed by atoms with van der Waals surface area (Å²) in [5.74, 6) is 0.196. The molecule has 0 aliphatic carbocycles. The molecular weight excluding hydrogens is 428 g/mol. The lowest BCUT2D eigenvalue weighted by molar-refractivity contribution is -0.124. The molecule has 0 bridgehead atoms. The minimum absolute atomic E-state index is 0.129. The van der Waals surface area contributed by atoms with E-state index in [1.807, 2.05) is 49.6 Å². The number of nitrogens with one attached hydrogen (secondary N) is 3. The Morgan fingerprint density at radius 2 is 1.75 bits per heavy atom. The highest BCUT2D eigenvalue weighted by Gasteiger charge is 2.27. The molecule has 3 N–H and O–H groups in total. The van der Waals surface area contributed by atoms with Crippen molar-refractivity contribution >= 4 is 34.9 Å². The molecule has 9 heteroatoms. The number of hydrogen-bond donors (Lipinski definition) is 3. The number of aromatic nitrogens is 1. The first-order valence-electron chi connectivity index (χ1n) is 10.7. The van der Waals surface area contributed by atoms with Gasteiger partial charge in [-0.3, -0.25) is 9.59 Å². The highest BCUT2D eigenvalue weighted by Crippen LogP contribution is 2.25. The van der Waals surface area contributed by atoms with Crippen molar-refractivity contribution in [2.75, 3.05) is 5.32 Å². The van der Waals surface area contributed by atoms with Crippen molar-refractivity contribution in [3.05, 3.63) is 47.0 Å². The van der Waals surface area contributed by atoms with Crippen molar-refractivity contribution in [2.45, 2.75) is 59.2 Å². The summed E-state index contributed by atoms with van der Waals surface area (Å²) >= 11 is 1.30. The van der Waals surface area contributed by atoms with Crippen LogP contribution in [0.25, 0.3) is 0 Å². The average Bonchev–Trinajstić information content (AvgIpc) is 3.20. The SMILES string of the molecule is CC(C)CC(NC(=O)OCc1ccccc1)C(=O)N[C@H](CC(C)C)c1csc(NC=O)n1. The largest absolute Gasteiger partial charge is 0.445 e. The van der Waals surface area contributed by atoms with Gasteiger partial charge in [-0.15, -0.1) is 11.3 Å². The summed E-state index contributed by atoms with van der Waals surface area (Å²) in [7, 11) is 0. The number of rotatable bonds is 12. The van der Waals surface area contributed by atoms with Crippen LogP contribution in [0.3, 0.4) is 0 Å². The van der Waals surface area contributed by atoms with Gasteiger partial charge in [0.05, 0.1) is 11.7 Å². The fourth-order valence-corrected chi connectivity index (χ4v) is 3.89. The number of hydrogen-bond acceptors (Lipinski definition) is 6. The van der Waals surface area contributed by atoms with Crippen LogP contribution >= 0.6 is 11.3 Å². The predicted molar refractivity (Wildman–Crippen MR) is 125 cm³/mol. The Labute approximate surface area is 193 Å². The van der Waals surface area contributed by atoms with Crippen LogP contribution in [-0.2, 0) is 20.9 Å². The third kappa shape index (κ3) is 8.66. The number of carbonyl (C=O) groups is 3. The van der Waals surface area contributed by atoms with Gasteiger partial charge in [-0.25, -0.2) is 9.78 Å². The van der Waals surface area contributed by atoms with Gasteiger partial charge in [0.1, 0.15) is 12.6 Å². The third-order valence-electron chi connectivity index (χ3n) is 4.61. The molecule has 1 aromatic heterocycles. The number of anilines is 1. The first-order valence-corrected chi connectivity index (χ1v) is 11.6. The lowest BCUT2D eigenvalue weighted by atomic mass is 9.99. The van der Waals surface area contributed by atoms with E-state index in [-0.39, 0.29) is 24.5 Å². The lowest BCUT2D eigenvalue weighted by Gasteiger charge is -2.24. The van der Waals surface area contributed by atoms with Crippen LogP contribution in [-0.4, -0.2) is 29.4 Å². The number of carbonyl (C=O) groups excluding carboxylic acids is 3. The third-order valence-corrected chi connectivity index (χ3v) is 5.41. The summed E-state index contributed by atoms with van der Waals surface area (Å²) in [6, 6.07) is 8.29. The molecule has 1 aromatic carbocycles. The van der Waals surface area contributed by atoms with Crippen LogP contribution in [0.15, 0.2) is 35.7 Å². The quantitative estimate of drug-likeness (QED) is 0.410. The molecule has 1 unspecified atom stereocenters. The van der Waals surface area contributed by atoms with E-state index in [0.717, 1.165) is 5.56 Å². The molecule has 32 heavy (non-hydrogen) atoms. The molecule has 0 aliphatic heterocycles. The van der Waals surface area contributed by atoms with Gasteiger partial charge < -0.3 is 20.7 Å². The van der Waals surface area contributed by atoms with Crippen molar-refractivity contribution < 1.29 is 19.1 Å². The van der Waals surface area contributed by atoms with Crippen LogP contribution in [0.4, 0.5) is 9.93 Å². The van der Waals surface area contributed by atoms with Gasteiger partial charge in [0, 0.05) is 5.38 Å². The van der Waals surface area contributed by atoms with Gasteiger partial charge in [0.25, 0.3) is 0 Å². The summed E-state index contributed by atoms with van der Waals surface area (Å²) in [6.07, 6.45) is 1.07. The molecule has 0 radical (unpaired) electrons. The number of alkyl carbamates (subject to hydrolysis) is 1. The maximum Gasteiger partial charge on any atom is 0.408 e. The van der Waals surface area contributed by atoms with Crippen LogP contribution in [0.5, 0.6) is 0 Å². The average molecular weight is 461 g/mol. The molecule has 3 amide bonds. The molecule has 2 atom stereocenters. The molecule has 0 saturated carbocycles. The second kappa shape index (κ2) is 12.8. The Morgan fingerprint density at radius 1 is 1.06 bits per heavy atom. The molecular formula is C23H32N4O4S. The normalized spacial score (nSPS) is 12.8. The van der Waals surface area contributed by atoms with E-state index in [1.165, 1.54) is 11.3 Å². The van der Waals surface area contributed by atoms with Gasteiger partial charge in [0.2, 0.25) is 12.3 Å². The fraction of sp³-hybridized carbons (Fsp3) is 0.478. The minimum atomic E-state index is -0.737. The van der Waals surface area contributed by atoms with E-state index in [0.29, 0.717) is 36.0 Å². The van der Waals surface area contributed by atoms with Gasteiger partial charge >= 0.3 is 6.09 Å². The van der Waals surface area contributed by atoms with E-state index >= 15 is 0 Å². The van der Waals surface area contributed by atoms with Gasteiger partial charge in [-0.1, -0.05) is 58.0 Å². The van der Waals surface area contributed by atoms with Crippen molar-refractivity contribution in [3.8, 4) is 0 Å². The summed E-state index contributed by atoms with van der Waals surface area (Å²) in [5.41, 5.74) is 1.55. The van der Waals surface area contributed by atoms with E-state index in [1.54, 1.807) is 0 Å². The predicted octanol–water partition coefficient (Wildman–Crippen LogP) is 4.26. The van der Waals surface area contributed by atoms with Crippen molar-refractivity contribution in [1.82, 2.24) is 15.6 Å². The van der Waals surface area contributed by atoms with Crippen molar-refractivity contribution in [3.63, 3.8) is 0 Å². The number of benzene rings is 1. The first kappa shape index (κ1) is 25.3.